The largest absolute Gasteiger partial charge is 0.0810 e. The smallest absolute Gasteiger partial charge is 0.00983 e. The molecule has 0 N–H and O–H groups in total. The average molecular weight is 268 g/mol. The fraction of sp³-hybridized carbons (Fsp3) is 0.500. The van der Waals surface area contributed by atoms with Crippen LogP contribution >= 0.6 is 0 Å². The predicted molar refractivity (Wildman–Crippen MR) is 89.9 cm³/mol. The summed E-state index contributed by atoms with van der Waals surface area (Å²) >= 11 is 0. The molecule has 1 aliphatic rings. The topological polar surface area (TPSA) is 0 Å². The third-order valence-corrected chi connectivity index (χ3v) is 4.78. The molecule has 0 saturated carbocycles. The van der Waals surface area contributed by atoms with E-state index in [0.717, 1.165) is 6.42 Å². The van der Waals surface area contributed by atoms with Crippen molar-refractivity contribution in [3.63, 3.8) is 0 Å². The Hall–Kier alpha value is -1.30. The Bertz CT molecular complexity index is 531. The summed E-state index contributed by atoms with van der Waals surface area (Å²) in [6.07, 6.45) is 6.00. The molecule has 0 heteroatoms. The number of rotatable bonds is 5. The van der Waals surface area contributed by atoms with E-state index in [9.17, 15) is 0 Å². The Morgan fingerprint density at radius 2 is 1.90 bits per heavy atom. The molecule has 0 bridgehead atoms. The molecule has 108 valence electrons. The van der Waals surface area contributed by atoms with Crippen molar-refractivity contribution in [3.05, 3.63) is 52.6 Å². The number of hydrogen-bond donors (Lipinski definition) is 0. The molecule has 0 heterocycles. The highest BCUT2D eigenvalue weighted by Gasteiger charge is 2.30. The molecule has 0 nitrogen and oxygen atoms in total. The van der Waals surface area contributed by atoms with Gasteiger partial charge in [0.2, 0.25) is 0 Å². The molecule has 0 fully saturated rings. The normalized spacial score (nSPS) is 20.2. The van der Waals surface area contributed by atoms with Crippen molar-refractivity contribution in [2.24, 2.45) is 5.92 Å². The predicted octanol–water partition coefficient (Wildman–Crippen LogP) is 6.35. The van der Waals surface area contributed by atoms with Crippen LogP contribution in [-0.2, 0) is 0 Å². The van der Waals surface area contributed by atoms with E-state index in [1.54, 1.807) is 11.1 Å². The van der Waals surface area contributed by atoms with E-state index in [-0.39, 0.29) is 0 Å². The summed E-state index contributed by atoms with van der Waals surface area (Å²) in [4.78, 5) is 0. The highest BCUT2D eigenvalue weighted by atomic mass is 14.3. The summed E-state index contributed by atoms with van der Waals surface area (Å²) in [5, 5.41) is 0. The minimum absolute atomic E-state index is 0.595. The van der Waals surface area contributed by atoms with E-state index < -0.39 is 0 Å². The number of benzene rings is 1. The molecule has 0 amide bonds. The second kappa shape index (κ2) is 6.43. The highest BCUT2D eigenvalue weighted by molar-refractivity contribution is 5.80. The molecule has 1 aromatic carbocycles. The van der Waals surface area contributed by atoms with Crippen molar-refractivity contribution in [3.8, 4) is 0 Å². The van der Waals surface area contributed by atoms with Crippen molar-refractivity contribution in [2.75, 3.05) is 0 Å². The Morgan fingerprint density at radius 3 is 2.50 bits per heavy atom. The van der Waals surface area contributed by atoms with Crippen LogP contribution in [0.1, 0.15) is 70.9 Å². The standard InChI is InChI=1S/C20H28/c1-6-11-17(14(4)7-2)20-15(5)18-12-9-10-13-19(18)16(20)8-3/h9-14,16H,6-8H2,1-5H3/b17-11-. The second-order valence-electron chi connectivity index (χ2n) is 5.96. The van der Waals surface area contributed by atoms with Gasteiger partial charge in [0.05, 0.1) is 0 Å². The van der Waals surface area contributed by atoms with Crippen molar-refractivity contribution in [1.82, 2.24) is 0 Å². The molecule has 0 saturated heterocycles. The van der Waals surface area contributed by atoms with Gasteiger partial charge < -0.3 is 0 Å². The van der Waals surface area contributed by atoms with Crippen LogP contribution in [0.5, 0.6) is 0 Å². The molecule has 1 aromatic rings. The van der Waals surface area contributed by atoms with Gasteiger partial charge in [0.25, 0.3) is 0 Å². The SMILES string of the molecule is CC/C=C(\C1=C(C)c2ccccc2C1CC)C(C)CC. The zero-order valence-electron chi connectivity index (χ0n) is 13.7. The number of allylic oxidation sites excluding steroid dienone is 4. The zero-order valence-corrected chi connectivity index (χ0v) is 13.7. The van der Waals surface area contributed by atoms with Gasteiger partial charge >= 0.3 is 0 Å². The van der Waals surface area contributed by atoms with Crippen molar-refractivity contribution < 1.29 is 0 Å². The summed E-state index contributed by atoms with van der Waals surface area (Å²) in [6, 6.07) is 8.97. The quantitative estimate of drug-likeness (QED) is 0.583. The minimum Gasteiger partial charge on any atom is -0.0810 e. The fourth-order valence-electron chi connectivity index (χ4n) is 3.56. The molecule has 0 radical (unpaired) electrons. The third-order valence-electron chi connectivity index (χ3n) is 4.78. The molecular weight excluding hydrogens is 240 g/mol. The Labute approximate surface area is 124 Å². The average Bonchev–Trinajstić information content (AvgIpc) is 2.77. The number of hydrogen-bond acceptors (Lipinski definition) is 0. The van der Waals surface area contributed by atoms with Crippen LogP contribution in [0.2, 0.25) is 0 Å². The monoisotopic (exact) mass is 268 g/mol. The maximum Gasteiger partial charge on any atom is 0.00983 e. The second-order valence-corrected chi connectivity index (χ2v) is 5.96. The molecule has 2 rings (SSSR count). The lowest BCUT2D eigenvalue weighted by Gasteiger charge is -2.22. The molecule has 2 atom stereocenters. The Balaban J connectivity index is 2.55. The molecule has 0 aliphatic heterocycles. The first-order valence-corrected chi connectivity index (χ1v) is 8.16. The van der Waals surface area contributed by atoms with Crippen LogP contribution in [0.25, 0.3) is 5.57 Å². The maximum atomic E-state index is 2.46. The Morgan fingerprint density at radius 1 is 1.20 bits per heavy atom. The highest BCUT2D eigenvalue weighted by Crippen LogP contribution is 2.48. The zero-order chi connectivity index (χ0) is 14.7. The van der Waals surface area contributed by atoms with Gasteiger partial charge in [0.1, 0.15) is 0 Å². The van der Waals surface area contributed by atoms with Gasteiger partial charge in [0, 0.05) is 5.92 Å². The lowest BCUT2D eigenvalue weighted by molar-refractivity contribution is 0.637. The summed E-state index contributed by atoms with van der Waals surface area (Å²) in [6.45, 7) is 11.6. The Kier molecular flexibility index (Phi) is 4.86. The summed E-state index contributed by atoms with van der Waals surface area (Å²) < 4.78 is 0. The van der Waals surface area contributed by atoms with Gasteiger partial charge in [0.15, 0.2) is 0 Å². The van der Waals surface area contributed by atoms with E-state index in [1.165, 1.54) is 29.5 Å². The van der Waals surface area contributed by atoms with Crippen molar-refractivity contribution in [2.45, 2.75) is 59.8 Å². The van der Waals surface area contributed by atoms with E-state index in [0.29, 0.717) is 11.8 Å². The molecule has 0 aromatic heterocycles. The van der Waals surface area contributed by atoms with Crippen LogP contribution in [0.15, 0.2) is 41.5 Å². The molecule has 2 unspecified atom stereocenters. The van der Waals surface area contributed by atoms with Crippen molar-refractivity contribution in [1.29, 1.82) is 0 Å². The van der Waals surface area contributed by atoms with Crippen molar-refractivity contribution >= 4 is 5.57 Å². The minimum atomic E-state index is 0.595. The molecular formula is C20H28. The van der Waals surface area contributed by atoms with Crippen LogP contribution < -0.4 is 0 Å². The fourth-order valence-corrected chi connectivity index (χ4v) is 3.56. The van der Waals surface area contributed by atoms with E-state index in [2.05, 4.69) is 65.0 Å². The summed E-state index contributed by atoms with van der Waals surface area (Å²) in [5.41, 5.74) is 7.72. The van der Waals surface area contributed by atoms with E-state index >= 15 is 0 Å². The van der Waals surface area contributed by atoms with Crippen LogP contribution in [-0.4, -0.2) is 0 Å². The summed E-state index contributed by atoms with van der Waals surface area (Å²) in [5.74, 6) is 1.25. The maximum absolute atomic E-state index is 2.46. The first-order valence-electron chi connectivity index (χ1n) is 8.16. The molecule has 1 aliphatic carbocycles. The summed E-state index contributed by atoms with van der Waals surface area (Å²) in [7, 11) is 0. The van der Waals surface area contributed by atoms with E-state index in [1.807, 2.05) is 0 Å². The van der Waals surface area contributed by atoms with Gasteiger partial charge in [-0.25, -0.2) is 0 Å². The van der Waals surface area contributed by atoms with Gasteiger partial charge in [-0.05, 0) is 60.0 Å². The lowest BCUT2D eigenvalue weighted by Crippen LogP contribution is -2.07. The van der Waals surface area contributed by atoms with E-state index in [4.69, 9.17) is 0 Å². The van der Waals surface area contributed by atoms with Crippen LogP contribution in [0.3, 0.4) is 0 Å². The van der Waals surface area contributed by atoms with Gasteiger partial charge in [-0.3, -0.25) is 0 Å². The van der Waals surface area contributed by atoms with Gasteiger partial charge in [-0.2, -0.15) is 0 Å². The molecule has 20 heavy (non-hydrogen) atoms. The van der Waals surface area contributed by atoms with Crippen LogP contribution in [0, 0.1) is 5.92 Å². The van der Waals surface area contributed by atoms with Gasteiger partial charge in [-0.1, -0.05) is 58.0 Å². The van der Waals surface area contributed by atoms with Crippen LogP contribution in [0.4, 0.5) is 0 Å². The third kappa shape index (κ3) is 2.49. The number of fused-ring (bicyclic) bond motifs is 1. The lowest BCUT2D eigenvalue weighted by atomic mass is 9.82. The first-order chi connectivity index (χ1) is 9.65. The first kappa shape index (κ1) is 15.1. The van der Waals surface area contributed by atoms with Gasteiger partial charge in [-0.15, -0.1) is 0 Å². The molecule has 0 spiro atoms.